The lowest BCUT2D eigenvalue weighted by atomic mass is 10.0. The minimum absolute atomic E-state index is 0.142. The Balaban J connectivity index is 1.62. The average Bonchev–Trinajstić information content (AvgIpc) is 2.73. The molecule has 0 N–H and O–H groups in total. The fourth-order valence-corrected chi connectivity index (χ4v) is 5.58. The van der Waals surface area contributed by atoms with Gasteiger partial charge in [-0.2, -0.15) is 4.31 Å². The van der Waals surface area contributed by atoms with E-state index in [1.807, 2.05) is 24.3 Å². The number of fused-ring (bicyclic) bond motifs is 1. The van der Waals surface area contributed by atoms with Crippen molar-refractivity contribution in [2.75, 3.05) is 24.5 Å². The Morgan fingerprint density at radius 3 is 2.54 bits per heavy atom. The van der Waals surface area contributed by atoms with E-state index in [9.17, 15) is 13.2 Å². The first-order chi connectivity index (χ1) is 13.5. The van der Waals surface area contributed by atoms with Crippen molar-refractivity contribution in [3.8, 4) is 0 Å². The molecule has 2 aliphatic heterocycles. The van der Waals surface area contributed by atoms with Crippen LogP contribution in [0.4, 0.5) is 5.69 Å². The molecule has 2 heterocycles. The van der Waals surface area contributed by atoms with Gasteiger partial charge in [0.15, 0.2) is 0 Å². The fourth-order valence-electron chi connectivity index (χ4n) is 4.06. The number of nitrogens with zero attached hydrogens (tertiary/aromatic N) is 2. The molecule has 0 aliphatic carbocycles. The fraction of sp³-hybridized carbons (Fsp3) is 0.409. The summed E-state index contributed by atoms with van der Waals surface area (Å²) in [5, 5.41) is 0. The summed E-state index contributed by atoms with van der Waals surface area (Å²) >= 11 is 0. The first kappa shape index (κ1) is 19.2. The second-order valence-corrected chi connectivity index (χ2v) is 9.74. The van der Waals surface area contributed by atoms with Gasteiger partial charge in [-0.1, -0.05) is 31.2 Å². The highest BCUT2D eigenvalue weighted by molar-refractivity contribution is 7.89. The normalized spacial score (nSPS) is 18.7. The third-order valence-corrected chi connectivity index (χ3v) is 7.71. The molecule has 148 valence electrons. The number of benzene rings is 2. The molecule has 6 heteroatoms. The number of aryl methyl sites for hydroxylation is 1. The molecular weight excluding hydrogens is 372 g/mol. The molecular formula is C22H26N2O3S. The SMILES string of the molecule is CC1CCN(S(=O)(=O)c2cccc(C(=O)N3CCCc4ccccc43)c2)CC1. The van der Waals surface area contributed by atoms with Crippen molar-refractivity contribution in [3.63, 3.8) is 0 Å². The zero-order chi connectivity index (χ0) is 19.7. The molecule has 28 heavy (non-hydrogen) atoms. The molecule has 2 aromatic carbocycles. The lowest BCUT2D eigenvalue weighted by Crippen LogP contribution is -2.38. The van der Waals surface area contributed by atoms with Crippen molar-refractivity contribution in [2.24, 2.45) is 5.92 Å². The summed E-state index contributed by atoms with van der Waals surface area (Å²) in [7, 11) is -3.57. The smallest absolute Gasteiger partial charge is 0.258 e. The number of hydrogen-bond donors (Lipinski definition) is 0. The second kappa shape index (κ2) is 7.68. The van der Waals surface area contributed by atoms with Crippen LogP contribution >= 0.6 is 0 Å². The Hall–Kier alpha value is -2.18. The van der Waals surface area contributed by atoms with Crippen LogP contribution in [0.15, 0.2) is 53.4 Å². The number of para-hydroxylation sites is 1. The third-order valence-electron chi connectivity index (χ3n) is 5.82. The number of carbonyl (C=O) groups is 1. The van der Waals surface area contributed by atoms with Crippen molar-refractivity contribution in [3.05, 3.63) is 59.7 Å². The van der Waals surface area contributed by atoms with Gasteiger partial charge in [0.1, 0.15) is 0 Å². The quantitative estimate of drug-likeness (QED) is 0.792. The van der Waals surface area contributed by atoms with Crippen LogP contribution in [0.3, 0.4) is 0 Å². The molecule has 0 spiro atoms. The van der Waals surface area contributed by atoms with Crippen LogP contribution in [0.2, 0.25) is 0 Å². The van der Waals surface area contributed by atoms with E-state index < -0.39 is 10.0 Å². The molecule has 2 aliphatic rings. The maximum atomic E-state index is 13.2. The number of amides is 1. The molecule has 5 nitrogen and oxygen atoms in total. The molecule has 4 rings (SSSR count). The van der Waals surface area contributed by atoms with E-state index in [0.29, 0.717) is 31.1 Å². The highest BCUT2D eigenvalue weighted by Gasteiger charge is 2.29. The number of anilines is 1. The molecule has 1 saturated heterocycles. The molecule has 1 amide bonds. The Morgan fingerprint density at radius 1 is 1.00 bits per heavy atom. The Labute approximate surface area is 167 Å². The molecule has 0 aromatic heterocycles. The Bertz CT molecular complexity index is 979. The van der Waals surface area contributed by atoms with Gasteiger partial charge in [0, 0.05) is 30.9 Å². The zero-order valence-electron chi connectivity index (χ0n) is 16.2. The summed E-state index contributed by atoms with van der Waals surface area (Å²) < 4.78 is 27.6. The minimum Gasteiger partial charge on any atom is -0.308 e. The van der Waals surface area contributed by atoms with E-state index in [2.05, 4.69) is 6.92 Å². The van der Waals surface area contributed by atoms with Crippen molar-refractivity contribution in [1.82, 2.24) is 4.31 Å². The Kier molecular flexibility index (Phi) is 5.25. The van der Waals surface area contributed by atoms with E-state index >= 15 is 0 Å². The average molecular weight is 399 g/mol. The minimum atomic E-state index is -3.57. The standard InChI is InChI=1S/C22H26N2O3S/c1-17-11-14-23(15-12-17)28(26,27)20-9-4-7-19(16-20)22(25)24-13-5-8-18-6-2-3-10-21(18)24/h2-4,6-7,9-10,16-17H,5,8,11-15H2,1H3. The summed E-state index contributed by atoms with van der Waals surface area (Å²) in [6, 6.07) is 14.4. The van der Waals surface area contributed by atoms with Crippen molar-refractivity contribution >= 4 is 21.6 Å². The third kappa shape index (κ3) is 3.59. The van der Waals surface area contributed by atoms with Crippen LogP contribution in [0, 0.1) is 5.92 Å². The topological polar surface area (TPSA) is 57.7 Å². The summed E-state index contributed by atoms with van der Waals surface area (Å²) in [4.78, 5) is 15.2. The van der Waals surface area contributed by atoms with Gasteiger partial charge in [-0.3, -0.25) is 4.79 Å². The number of hydrogen-bond acceptors (Lipinski definition) is 3. The van der Waals surface area contributed by atoms with E-state index in [0.717, 1.165) is 36.9 Å². The molecule has 0 bridgehead atoms. The predicted molar refractivity (Wildman–Crippen MR) is 110 cm³/mol. The van der Waals surface area contributed by atoms with Crippen molar-refractivity contribution in [1.29, 1.82) is 0 Å². The zero-order valence-corrected chi connectivity index (χ0v) is 17.0. The van der Waals surface area contributed by atoms with Crippen LogP contribution < -0.4 is 4.90 Å². The maximum absolute atomic E-state index is 13.2. The van der Waals surface area contributed by atoms with Crippen LogP contribution in [-0.4, -0.2) is 38.3 Å². The van der Waals surface area contributed by atoms with Crippen LogP contribution in [0.1, 0.15) is 42.1 Å². The van der Waals surface area contributed by atoms with Gasteiger partial charge in [0.05, 0.1) is 4.90 Å². The first-order valence-corrected chi connectivity index (χ1v) is 11.4. The van der Waals surface area contributed by atoms with Gasteiger partial charge < -0.3 is 4.90 Å². The van der Waals surface area contributed by atoms with Gasteiger partial charge in [0.2, 0.25) is 10.0 Å². The van der Waals surface area contributed by atoms with E-state index in [1.165, 1.54) is 6.07 Å². The lowest BCUT2D eigenvalue weighted by Gasteiger charge is -2.30. The summed E-state index contributed by atoms with van der Waals surface area (Å²) in [6.07, 6.45) is 3.62. The van der Waals surface area contributed by atoms with E-state index in [4.69, 9.17) is 0 Å². The van der Waals surface area contributed by atoms with Gasteiger partial charge >= 0.3 is 0 Å². The van der Waals surface area contributed by atoms with Crippen molar-refractivity contribution < 1.29 is 13.2 Å². The summed E-state index contributed by atoms with van der Waals surface area (Å²) in [5.41, 5.74) is 2.51. The van der Waals surface area contributed by atoms with Crippen LogP contribution in [0.5, 0.6) is 0 Å². The largest absolute Gasteiger partial charge is 0.308 e. The molecule has 0 unspecified atom stereocenters. The molecule has 2 aromatic rings. The monoisotopic (exact) mass is 398 g/mol. The van der Waals surface area contributed by atoms with E-state index in [-0.39, 0.29) is 10.8 Å². The van der Waals surface area contributed by atoms with Gasteiger partial charge in [-0.15, -0.1) is 0 Å². The van der Waals surface area contributed by atoms with Crippen molar-refractivity contribution in [2.45, 2.75) is 37.5 Å². The number of piperidine rings is 1. The molecule has 0 radical (unpaired) electrons. The lowest BCUT2D eigenvalue weighted by molar-refractivity contribution is 0.0985. The number of sulfonamides is 1. The highest BCUT2D eigenvalue weighted by Crippen LogP contribution is 2.29. The first-order valence-electron chi connectivity index (χ1n) is 9.97. The molecule has 0 saturated carbocycles. The van der Waals surface area contributed by atoms with Gasteiger partial charge in [-0.25, -0.2) is 8.42 Å². The Morgan fingerprint density at radius 2 is 1.75 bits per heavy atom. The van der Waals surface area contributed by atoms with Gasteiger partial charge in [-0.05, 0) is 61.4 Å². The maximum Gasteiger partial charge on any atom is 0.258 e. The molecule has 0 atom stereocenters. The van der Waals surface area contributed by atoms with Crippen LogP contribution in [0.25, 0.3) is 0 Å². The van der Waals surface area contributed by atoms with Gasteiger partial charge in [0.25, 0.3) is 5.91 Å². The van der Waals surface area contributed by atoms with E-state index in [1.54, 1.807) is 27.4 Å². The highest BCUT2D eigenvalue weighted by atomic mass is 32.2. The number of carbonyl (C=O) groups excluding carboxylic acids is 1. The summed E-state index contributed by atoms with van der Waals surface area (Å²) in [6.45, 7) is 3.89. The number of rotatable bonds is 3. The van der Waals surface area contributed by atoms with Crippen LogP contribution in [-0.2, 0) is 16.4 Å². The second-order valence-electron chi connectivity index (χ2n) is 7.80. The molecule has 1 fully saturated rings. The predicted octanol–water partition coefficient (Wildman–Crippen LogP) is 3.70. The summed E-state index contributed by atoms with van der Waals surface area (Å²) in [5.74, 6) is 0.412.